The summed E-state index contributed by atoms with van der Waals surface area (Å²) in [7, 11) is 0. The molecule has 0 fully saturated rings. The minimum absolute atomic E-state index is 0.274. The second kappa shape index (κ2) is 8.81. The van der Waals surface area contributed by atoms with Gasteiger partial charge in [0.05, 0.1) is 6.61 Å². The third-order valence-corrected chi connectivity index (χ3v) is 4.03. The number of Topliss-reactive ketones (excluding diaryl/α,β-unsaturated/α-hetero) is 1. The number of para-hydroxylation sites is 1. The van der Waals surface area contributed by atoms with Crippen molar-refractivity contribution in [1.82, 2.24) is 0 Å². The highest BCUT2D eigenvalue weighted by Crippen LogP contribution is 2.26. The third-order valence-electron chi connectivity index (χ3n) is 4.03. The standard InChI is InChI=1S/C23H20O4/c1-2-26-20-16-10-9-15-19(20)23(25)27-22(18-13-7-4-8-14-18)21(24)17-11-5-3-6-12-17/h3-16,22H,2H2,1H3. The lowest BCUT2D eigenvalue weighted by molar-refractivity contribution is 0.0276. The van der Waals surface area contributed by atoms with E-state index in [1.165, 1.54) is 0 Å². The smallest absolute Gasteiger partial charge is 0.342 e. The minimum atomic E-state index is -1.03. The van der Waals surface area contributed by atoms with Gasteiger partial charge in [-0.1, -0.05) is 72.8 Å². The number of esters is 1. The Kier molecular flexibility index (Phi) is 6.00. The highest BCUT2D eigenvalue weighted by molar-refractivity contribution is 6.02. The highest BCUT2D eigenvalue weighted by Gasteiger charge is 2.27. The van der Waals surface area contributed by atoms with Crippen molar-refractivity contribution in [2.24, 2.45) is 0 Å². The lowest BCUT2D eigenvalue weighted by Gasteiger charge is -2.18. The summed E-state index contributed by atoms with van der Waals surface area (Å²) < 4.78 is 11.2. The predicted octanol–water partition coefficient (Wildman–Crippen LogP) is 4.87. The van der Waals surface area contributed by atoms with Crippen molar-refractivity contribution < 1.29 is 19.1 Å². The van der Waals surface area contributed by atoms with Gasteiger partial charge in [-0.05, 0) is 19.1 Å². The Morgan fingerprint density at radius 2 is 1.41 bits per heavy atom. The number of benzene rings is 3. The van der Waals surface area contributed by atoms with Crippen molar-refractivity contribution in [2.45, 2.75) is 13.0 Å². The molecule has 0 aliphatic carbocycles. The first-order valence-electron chi connectivity index (χ1n) is 8.77. The number of ketones is 1. The topological polar surface area (TPSA) is 52.6 Å². The monoisotopic (exact) mass is 360 g/mol. The van der Waals surface area contributed by atoms with Crippen LogP contribution in [0.25, 0.3) is 0 Å². The molecule has 4 heteroatoms. The van der Waals surface area contributed by atoms with Crippen LogP contribution in [0.4, 0.5) is 0 Å². The summed E-state index contributed by atoms with van der Waals surface area (Å²) in [5.41, 5.74) is 1.40. The van der Waals surface area contributed by atoms with Crippen molar-refractivity contribution in [3.63, 3.8) is 0 Å². The maximum absolute atomic E-state index is 13.0. The van der Waals surface area contributed by atoms with Crippen molar-refractivity contribution in [3.8, 4) is 5.75 Å². The lowest BCUT2D eigenvalue weighted by Crippen LogP contribution is -2.20. The quantitative estimate of drug-likeness (QED) is 0.446. The summed E-state index contributed by atoms with van der Waals surface area (Å²) in [6, 6.07) is 24.7. The van der Waals surface area contributed by atoms with Gasteiger partial charge in [-0.25, -0.2) is 4.79 Å². The summed E-state index contributed by atoms with van der Waals surface area (Å²) in [6.07, 6.45) is -1.03. The van der Waals surface area contributed by atoms with E-state index in [1.54, 1.807) is 60.7 Å². The van der Waals surface area contributed by atoms with E-state index in [2.05, 4.69) is 0 Å². The van der Waals surface area contributed by atoms with Gasteiger partial charge in [0.2, 0.25) is 5.78 Å². The van der Waals surface area contributed by atoms with Crippen LogP contribution >= 0.6 is 0 Å². The first-order chi connectivity index (χ1) is 13.2. The molecule has 3 aromatic carbocycles. The Morgan fingerprint density at radius 1 is 0.815 bits per heavy atom. The zero-order valence-corrected chi connectivity index (χ0v) is 15.0. The van der Waals surface area contributed by atoms with Gasteiger partial charge in [0.1, 0.15) is 11.3 Å². The number of hydrogen-bond donors (Lipinski definition) is 0. The molecule has 0 heterocycles. The van der Waals surface area contributed by atoms with Gasteiger partial charge in [0.15, 0.2) is 6.10 Å². The van der Waals surface area contributed by atoms with Gasteiger partial charge < -0.3 is 9.47 Å². The Hall–Kier alpha value is -3.40. The first-order valence-corrected chi connectivity index (χ1v) is 8.77. The Bertz CT molecular complexity index is 904. The van der Waals surface area contributed by atoms with E-state index in [1.807, 2.05) is 31.2 Å². The van der Waals surface area contributed by atoms with Crippen molar-refractivity contribution in [1.29, 1.82) is 0 Å². The normalized spacial score (nSPS) is 11.4. The van der Waals surface area contributed by atoms with Crippen LogP contribution in [-0.4, -0.2) is 18.4 Å². The fraction of sp³-hybridized carbons (Fsp3) is 0.130. The fourth-order valence-electron chi connectivity index (χ4n) is 2.74. The van der Waals surface area contributed by atoms with Crippen molar-refractivity contribution in [3.05, 3.63) is 102 Å². The van der Waals surface area contributed by atoms with E-state index in [9.17, 15) is 9.59 Å². The SMILES string of the molecule is CCOc1ccccc1C(=O)OC(C(=O)c1ccccc1)c1ccccc1. The molecule has 0 saturated heterocycles. The van der Waals surface area contributed by atoms with Crippen molar-refractivity contribution >= 4 is 11.8 Å². The summed E-state index contributed by atoms with van der Waals surface area (Å²) in [6.45, 7) is 2.27. The second-order valence-corrected chi connectivity index (χ2v) is 5.86. The van der Waals surface area contributed by atoms with Gasteiger partial charge in [-0.3, -0.25) is 4.79 Å². The van der Waals surface area contributed by atoms with Gasteiger partial charge in [0.25, 0.3) is 0 Å². The maximum Gasteiger partial charge on any atom is 0.342 e. The predicted molar refractivity (Wildman–Crippen MR) is 103 cm³/mol. The zero-order chi connectivity index (χ0) is 19.1. The minimum Gasteiger partial charge on any atom is -0.493 e. The lowest BCUT2D eigenvalue weighted by atomic mass is 9.99. The Labute approximate surface area is 158 Å². The number of carbonyl (C=O) groups excluding carboxylic acids is 2. The molecule has 4 nitrogen and oxygen atoms in total. The number of rotatable bonds is 7. The molecule has 0 aromatic heterocycles. The van der Waals surface area contributed by atoms with E-state index in [4.69, 9.17) is 9.47 Å². The first kappa shape index (κ1) is 18.4. The summed E-state index contributed by atoms with van der Waals surface area (Å²) in [5, 5.41) is 0. The molecule has 0 N–H and O–H groups in total. The number of ether oxygens (including phenoxy) is 2. The molecule has 27 heavy (non-hydrogen) atoms. The average molecular weight is 360 g/mol. The molecule has 1 unspecified atom stereocenters. The van der Waals surface area contributed by atoms with Crippen LogP contribution in [0.5, 0.6) is 5.75 Å². The molecular weight excluding hydrogens is 340 g/mol. The molecule has 136 valence electrons. The van der Waals surface area contributed by atoms with Crippen LogP contribution in [0.2, 0.25) is 0 Å². The maximum atomic E-state index is 13.0. The van der Waals surface area contributed by atoms with Crippen molar-refractivity contribution in [2.75, 3.05) is 6.61 Å². The van der Waals surface area contributed by atoms with Crippen LogP contribution in [-0.2, 0) is 4.74 Å². The second-order valence-electron chi connectivity index (χ2n) is 5.86. The van der Waals surface area contributed by atoms with E-state index in [-0.39, 0.29) is 5.78 Å². The molecule has 0 aliphatic rings. The molecule has 1 atom stereocenters. The van der Waals surface area contributed by atoms with Gasteiger partial charge in [-0.2, -0.15) is 0 Å². The molecule has 3 rings (SSSR count). The van der Waals surface area contributed by atoms with Crippen LogP contribution in [0.15, 0.2) is 84.9 Å². The summed E-state index contributed by atoms with van der Waals surface area (Å²) in [5.74, 6) is -0.440. The largest absolute Gasteiger partial charge is 0.493 e. The van der Waals surface area contributed by atoms with Gasteiger partial charge in [-0.15, -0.1) is 0 Å². The molecule has 0 spiro atoms. The zero-order valence-electron chi connectivity index (χ0n) is 15.0. The number of hydrogen-bond acceptors (Lipinski definition) is 4. The molecule has 0 radical (unpaired) electrons. The summed E-state index contributed by atoms with van der Waals surface area (Å²) in [4.78, 5) is 25.8. The van der Waals surface area contributed by atoms with E-state index >= 15 is 0 Å². The molecule has 0 saturated carbocycles. The summed E-state index contributed by atoms with van der Waals surface area (Å²) >= 11 is 0. The van der Waals surface area contributed by atoms with Crippen LogP contribution in [0.3, 0.4) is 0 Å². The fourth-order valence-corrected chi connectivity index (χ4v) is 2.74. The van der Waals surface area contributed by atoms with Gasteiger partial charge >= 0.3 is 5.97 Å². The molecule has 0 aliphatic heterocycles. The Morgan fingerprint density at radius 3 is 2.07 bits per heavy atom. The molecular formula is C23H20O4. The third kappa shape index (κ3) is 4.42. The van der Waals surface area contributed by atoms with Crippen LogP contribution in [0, 0.1) is 0 Å². The molecule has 0 amide bonds. The molecule has 0 bridgehead atoms. The van der Waals surface area contributed by atoms with E-state index in [0.29, 0.717) is 29.0 Å². The average Bonchev–Trinajstić information content (AvgIpc) is 2.73. The van der Waals surface area contributed by atoms with Gasteiger partial charge in [0, 0.05) is 11.1 Å². The van der Waals surface area contributed by atoms with E-state index < -0.39 is 12.1 Å². The number of carbonyl (C=O) groups is 2. The Balaban J connectivity index is 1.93. The van der Waals surface area contributed by atoms with Crippen LogP contribution in [0.1, 0.15) is 39.3 Å². The van der Waals surface area contributed by atoms with E-state index in [0.717, 1.165) is 0 Å². The highest BCUT2D eigenvalue weighted by atomic mass is 16.5. The van der Waals surface area contributed by atoms with Crippen LogP contribution < -0.4 is 4.74 Å². The molecule has 3 aromatic rings.